The molecule has 0 unspecified atom stereocenters. The highest BCUT2D eigenvalue weighted by Gasteiger charge is 2.20. The molecule has 0 bridgehead atoms. The van der Waals surface area contributed by atoms with E-state index in [4.69, 9.17) is 5.11 Å². The molecule has 7 heteroatoms. The van der Waals surface area contributed by atoms with Gasteiger partial charge in [-0.25, -0.2) is 9.78 Å². The molecule has 1 aliphatic heterocycles. The smallest absolute Gasteiger partial charge is 0.335 e. The van der Waals surface area contributed by atoms with Crippen molar-refractivity contribution >= 4 is 22.9 Å². The minimum atomic E-state index is -0.981. The number of rotatable bonds is 4. The number of aryl methyl sites for hydroxylation is 1. The van der Waals surface area contributed by atoms with Crippen molar-refractivity contribution in [3.05, 3.63) is 29.6 Å². The van der Waals surface area contributed by atoms with Crippen molar-refractivity contribution in [1.82, 2.24) is 19.8 Å². The number of carbonyl (C=O) groups excluding carboxylic acids is 1. The van der Waals surface area contributed by atoms with Crippen LogP contribution in [-0.4, -0.2) is 57.6 Å². The number of benzene rings is 1. The molecule has 0 fully saturated rings. The fraction of sp³-hybridized carbons (Fsp3) is 0.500. The number of imidazole rings is 1. The summed E-state index contributed by atoms with van der Waals surface area (Å²) in [5.74, 6) is -0.837. The minimum Gasteiger partial charge on any atom is -0.478 e. The van der Waals surface area contributed by atoms with E-state index >= 15 is 0 Å². The molecule has 0 radical (unpaired) electrons. The highest BCUT2D eigenvalue weighted by Crippen LogP contribution is 2.20. The van der Waals surface area contributed by atoms with Crippen molar-refractivity contribution in [3.8, 4) is 0 Å². The minimum absolute atomic E-state index is 0.204. The Balaban J connectivity index is 0.000000277. The van der Waals surface area contributed by atoms with Crippen molar-refractivity contribution in [2.24, 2.45) is 0 Å². The van der Waals surface area contributed by atoms with Crippen LogP contribution >= 0.6 is 0 Å². The number of hydrogen-bond acceptors (Lipinski definition) is 4. The third-order valence-electron chi connectivity index (χ3n) is 4.38. The van der Waals surface area contributed by atoms with Crippen LogP contribution in [0.1, 0.15) is 48.2 Å². The molecule has 7 nitrogen and oxygen atoms in total. The van der Waals surface area contributed by atoms with Gasteiger partial charge in [0.15, 0.2) is 5.82 Å². The van der Waals surface area contributed by atoms with Gasteiger partial charge in [-0.15, -0.1) is 0 Å². The normalized spacial score (nSPS) is 13.7. The van der Waals surface area contributed by atoms with Gasteiger partial charge in [-0.3, -0.25) is 4.79 Å². The number of aromatic carboxylic acids is 1. The summed E-state index contributed by atoms with van der Waals surface area (Å²) in [6.45, 7) is 11.4. The van der Waals surface area contributed by atoms with Crippen LogP contribution in [0, 0.1) is 0 Å². The van der Waals surface area contributed by atoms with Gasteiger partial charge in [0.2, 0.25) is 0 Å². The van der Waals surface area contributed by atoms with Crippen LogP contribution in [0.15, 0.2) is 18.2 Å². The summed E-state index contributed by atoms with van der Waals surface area (Å²) < 4.78 is 1.78. The highest BCUT2D eigenvalue weighted by atomic mass is 16.4. The maximum atomic E-state index is 11.8. The molecule has 0 saturated carbocycles. The standard InChI is InChI=1S/C12H11N3O3.C6H15N/c16-11-10-14-8-3-2-7(12(17)18)6-9(8)15(10)5-1-4-13-11;1-4-7(5-2)6-3/h2-3,6H,1,4-5H2,(H,13,16)(H,17,18);4-6H2,1-3H3. The maximum absolute atomic E-state index is 11.8. The molecule has 1 aromatic heterocycles. The molecule has 1 aliphatic rings. The first-order valence-electron chi connectivity index (χ1n) is 8.75. The third-order valence-corrected chi connectivity index (χ3v) is 4.38. The van der Waals surface area contributed by atoms with E-state index in [0.29, 0.717) is 29.9 Å². The monoisotopic (exact) mass is 346 g/mol. The van der Waals surface area contributed by atoms with Crippen LogP contribution < -0.4 is 5.32 Å². The van der Waals surface area contributed by atoms with Gasteiger partial charge in [0.05, 0.1) is 16.6 Å². The quantitative estimate of drug-likeness (QED) is 0.886. The van der Waals surface area contributed by atoms with Gasteiger partial charge in [0, 0.05) is 13.1 Å². The van der Waals surface area contributed by atoms with Gasteiger partial charge in [-0.1, -0.05) is 20.8 Å². The summed E-state index contributed by atoms with van der Waals surface area (Å²) in [4.78, 5) is 29.4. The number of nitrogens with zero attached hydrogens (tertiary/aromatic N) is 3. The third kappa shape index (κ3) is 4.36. The van der Waals surface area contributed by atoms with E-state index in [-0.39, 0.29) is 11.5 Å². The van der Waals surface area contributed by atoms with E-state index in [1.165, 1.54) is 25.7 Å². The van der Waals surface area contributed by atoms with Crippen molar-refractivity contribution in [1.29, 1.82) is 0 Å². The molecule has 1 aromatic carbocycles. The van der Waals surface area contributed by atoms with Gasteiger partial charge in [0.25, 0.3) is 5.91 Å². The molecular weight excluding hydrogens is 320 g/mol. The van der Waals surface area contributed by atoms with Crippen LogP contribution in [0.5, 0.6) is 0 Å². The Morgan fingerprint density at radius 2 is 1.96 bits per heavy atom. The molecule has 2 aromatic rings. The van der Waals surface area contributed by atoms with Crippen LogP contribution in [0.25, 0.3) is 11.0 Å². The molecule has 0 aliphatic carbocycles. The van der Waals surface area contributed by atoms with Crippen LogP contribution in [0.4, 0.5) is 0 Å². The van der Waals surface area contributed by atoms with Gasteiger partial charge >= 0.3 is 5.97 Å². The predicted molar refractivity (Wildman–Crippen MR) is 97.1 cm³/mol. The molecule has 1 amide bonds. The zero-order valence-electron chi connectivity index (χ0n) is 15.1. The first-order valence-corrected chi connectivity index (χ1v) is 8.75. The van der Waals surface area contributed by atoms with E-state index in [1.54, 1.807) is 16.7 Å². The molecule has 0 saturated heterocycles. The fourth-order valence-corrected chi connectivity index (χ4v) is 2.84. The fourth-order valence-electron chi connectivity index (χ4n) is 2.84. The van der Waals surface area contributed by atoms with Crippen LogP contribution in [0.3, 0.4) is 0 Å². The van der Waals surface area contributed by atoms with E-state index in [9.17, 15) is 9.59 Å². The van der Waals surface area contributed by atoms with Crippen molar-refractivity contribution in [3.63, 3.8) is 0 Å². The summed E-state index contributed by atoms with van der Waals surface area (Å²) in [6, 6.07) is 4.69. The predicted octanol–water partition coefficient (Wildman–Crippen LogP) is 2.22. The van der Waals surface area contributed by atoms with E-state index < -0.39 is 5.97 Å². The molecule has 0 atom stereocenters. The number of nitrogens with one attached hydrogen (secondary N) is 1. The largest absolute Gasteiger partial charge is 0.478 e. The van der Waals surface area contributed by atoms with Gasteiger partial charge in [-0.05, 0) is 44.3 Å². The number of aromatic nitrogens is 2. The highest BCUT2D eigenvalue weighted by molar-refractivity contribution is 5.97. The molecule has 2 N–H and O–H groups in total. The number of hydrogen-bond donors (Lipinski definition) is 2. The first kappa shape index (κ1) is 18.9. The van der Waals surface area contributed by atoms with Crippen LogP contribution in [0.2, 0.25) is 0 Å². The Kier molecular flexibility index (Phi) is 6.52. The molecule has 3 rings (SSSR count). The topological polar surface area (TPSA) is 87.5 Å². The second kappa shape index (κ2) is 8.62. The van der Waals surface area contributed by atoms with Crippen LogP contribution in [-0.2, 0) is 6.54 Å². The summed E-state index contributed by atoms with van der Waals surface area (Å²) in [5.41, 5.74) is 1.55. The number of amides is 1. The van der Waals surface area contributed by atoms with E-state index in [2.05, 4.69) is 36.0 Å². The lowest BCUT2D eigenvalue weighted by molar-refractivity contribution is 0.0696. The summed E-state index contributed by atoms with van der Waals surface area (Å²) >= 11 is 0. The summed E-state index contributed by atoms with van der Waals surface area (Å²) in [6.07, 6.45) is 0.807. The Labute approximate surface area is 147 Å². The van der Waals surface area contributed by atoms with Crippen molar-refractivity contribution < 1.29 is 14.7 Å². The zero-order chi connectivity index (χ0) is 18.4. The van der Waals surface area contributed by atoms with Gasteiger partial charge < -0.3 is 19.9 Å². The Bertz CT molecular complexity index is 745. The number of carboxylic acid groups (broad SMARTS) is 1. The average molecular weight is 346 g/mol. The van der Waals surface area contributed by atoms with Gasteiger partial charge in [0.1, 0.15) is 0 Å². The summed E-state index contributed by atoms with van der Waals surface area (Å²) in [5, 5.41) is 11.7. The maximum Gasteiger partial charge on any atom is 0.335 e. The number of carboxylic acids is 1. The Morgan fingerprint density at radius 3 is 2.52 bits per heavy atom. The Hall–Kier alpha value is -2.41. The average Bonchev–Trinajstić information content (AvgIpc) is 2.88. The lowest BCUT2D eigenvalue weighted by Crippen LogP contribution is -2.23. The summed E-state index contributed by atoms with van der Waals surface area (Å²) in [7, 11) is 0. The zero-order valence-corrected chi connectivity index (χ0v) is 15.1. The Morgan fingerprint density at radius 1 is 1.28 bits per heavy atom. The lowest BCUT2D eigenvalue weighted by atomic mass is 10.2. The molecule has 136 valence electrons. The molecule has 25 heavy (non-hydrogen) atoms. The lowest BCUT2D eigenvalue weighted by Gasteiger charge is -2.13. The number of fused-ring (bicyclic) bond motifs is 3. The first-order chi connectivity index (χ1) is 12.0. The van der Waals surface area contributed by atoms with Crippen molar-refractivity contribution in [2.45, 2.75) is 33.7 Å². The van der Waals surface area contributed by atoms with E-state index in [0.717, 1.165) is 6.42 Å². The SMILES string of the molecule is CCN(CC)CC.O=C(O)c1ccc2nc3n(c2c1)CCCNC3=O. The second-order valence-corrected chi connectivity index (χ2v) is 5.82. The van der Waals surface area contributed by atoms with Crippen molar-refractivity contribution in [2.75, 3.05) is 26.2 Å². The van der Waals surface area contributed by atoms with E-state index in [1.807, 2.05) is 0 Å². The van der Waals surface area contributed by atoms with Gasteiger partial charge in [-0.2, -0.15) is 0 Å². The second-order valence-electron chi connectivity index (χ2n) is 5.82. The number of carbonyl (C=O) groups is 2. The molecule has 0 spiro atoms. The molecule has 2 heterocycles. The molecular formula is C18H26N4O3.